The van der Waals surface area contributed by atoms with Crippen LogP contribution in [0.2, 0.25) is 5.15 Å². The molecule has 10 nitrogen and oxygen atoms in total. The number of carbonyl (C=O) groups is 2. The van der Waals surface area contributed by atoms with Crippen molar-refractivity contribution in [2.75, 3.05) is 38.0 Å². The molecule has 0 bridgehead atoms. The summed E-state index contributed by atoms with van der Waals surface area (Å²) in [5, 5.41) is 7.01. The Morgan fingerprint density at radius 2 is 1.79 bits per heavy atom. The highest BCUT2D eigenvalue weighted by atomic mass is 35.5. The third-order valence-electron chi connectivity index (χ3n) is 7.81. The molecule has 4 heterocycles. The number of piperazine rings is 1. The number of imidazole rings is 1. The van der Waals surface area contributed by atoms with Crippen molar-refractivity contribution >= 4 is 35.1 Å². The largest absolute Gasteiger partial charge is 0.516 e. The van der Waals surface area contributed by atoms with Gasteiger partial charge in [-0.3, -0.25) is 9.69 Å². The van der Waals surface area contributed by atoms with Gasteiger partial charge in [-0.15, -0.1) is 0 Å². The molecule has 47 heavy (non-hydrogen) atoms. The summed E-state index contributed by atoms with van der Waals surface area (Å²) in [6.45, 7) is 9.55. The number of nitrogens with zero attached hydrogens (tertiary/aromatic N) is 6. The zero-order chi connectivity index (χ0) is 34.0. The number of halogens is 4. The highest BCUT2D eigenvalue weighted by Crippen LogP contribution is 2.34. The molecule has 5 rings (SSSR count). The quantitative estimate of drug-likeness (QED) is 0.205. The number of ether oxygens (including phenoxy) is 1. The lowest BCUT2D eigenvalue weighted by atomic mass is 10.0. The molecular formula is C33H34ClF3N7O3+. The average molecular weight is 669 g/mol. The van der Waals surface area contributed by atoms with Gasteiger partial charge in [0.1, 0.15) is 35.4 Å². The molecule has 1 saturated heterocycles. The molecule has 0 radical (unpaired) electrons. The summed E-state index contributed by atoms with van der Waals surface area (Å²) >= 11 is 5.98. The lowest BCUT2D eigenvalue weighted by molar-refractivity contribution is -0.861. The van der Waals surface area contributed by atoms with E-state index in [0.29, 0.717) is 49.6 Å². The fourth-order valence-electron chi connectivity index (χ4n) is 5.23. The van der Waals surface area contributed by atoms with E-state index in [1.54, 1.807) is 45.2 Å². The van der Waals surface area contributed by atoms with Gasteiger partial charge in [0.25, 0.3) is 5.91 Å². The Labute approximate surface area is 275 Å². The zero-order valence-corrected chi connectivity index (χ0v) is 27.1. The van der Waals surface area contributed by atoms with E-state index in [9.17, 15) is 22.8 Å². The fourth-order valence-corrected chi connectivity index (χ4v) is 5.37. The van der Waals surface area contributed by atoms with E-state index in [0.717, 1.165) is 6.07 Å². The second kappa shape index (κ2) is 13.3. The smallest absolute Gasteiger partial charge is 0.414 e. The summed E-state index contributed by atoms with van der Waals surface area (Å²) in [4.78, 5) is 36.2. The number of amides is 2. The van der Waals surface area contributed by atoms with E-state index in [-0.39, 0.29) is 39.2 Å². The molecule has 0 atom stereocenters. The third kappa shape index (κ3) is 8.08. The number of pyridine rings is 1. The summed E-state index contributed by atoms with van der Waals surface area (Å²) < 4.78 is 49.9. The maximum absolute atomic E-state index is 14.2. The normalized spacial score (nSPS) is 15.1. The topological polar surface area (TPSA) is 102 Å². The second-order valence-electron chi connectivity index (χ2n) is 12.2. The van der Waals surface area contributed by atoms with Gasteiger partial charge >= 0.3 is 12.3 Å². The van der Waals surface area contributed by atoms with Crippen molar-refractivity contribution in [1.82, 2.24) is 24.5 Å². The number of rotatable bonds is 5. The molecule has 1 aliphatic rings. The Kier molecular flexibility index (Phi) is 9.58. The molecule has 0 unspecified atom stereocenters. The Morgan fingerprint density at radius 3 is 2.47 bits per heavy atom. The van der Waals surface area contributed by atoms with Gasteiger partial charge in [-0.05, 0) is 75.6 Å². The van der Waals surface area contributed by atoms with Crippen LogP contribution in [0.1, 0.15) is 60.4 Å². The van der Waals surface area contributed by atoms with Crippen molar-refractivity contribution in [3.05, 3.63) is 88.0 Å². The summed E-state index contributed by atoms with van der Waals surface area (Å²) in [5.41, 5.74) is -0.106. The molecule has 0 spiro atoms. The van der Waals surface area contributed by atoms with E-state index in [2.05, 4.69) is 32.2 Å². The molecule has 1 aliphatic heterocycles. The fraction of sp³-hybridized carbons (Fsp3) is 0.364. The lowest BCUT2D eigenvalue weighted by Crippen LogP contribution is -2.63. The molecule has 1 fully saturated rings. The number of likely N-dealkylation sites (N-methyl/N-ethyl adjacent to an activating group) is 1. The molecule has 14 heteroatoms. The van der Waals surface area contributed by atoms with Crippen LogP contribution in [0, 0.1) is 11.8 Å². The van der Waals surface area contributed by atoms with Crippen LogP contribution in [-0.4, -0.2) is 79.3 Å². The molecule has 2 amide bonds. The number of benzene rings is 1. The van der Waals surface area contributed by atoms with Crippen LogP contribution in [0.15, 0.2) is 54.9 Å². The van der Waals surface area contributed by atoms with Crippen LogP contribution in [-0.2, 0) is 17.5 Å². The molecule has 1 aromatic carbocycles. The molecule has 246 valence electrons. The van der Waals surface area contributed by atoms with Gasteiger partial charge < -0.3 is 10.1 Å². The molecule has 3 aromatic heterocycles. The van der Waals surface area contributed by atoms with E-state index in [4.69, 9.17) is 16.3 Å². The van der Waals surface area contributed by atoms with E-state index in [1.165, 1.54) is 28.9 Å². The summed E-state index contributed by atoms with van der Waals surface area (Å²) in [7, 11) is 0. The maximum Gasteiger partial charge on any atom is 0.516 e. The molecular weight excluding hydrogens is 635 g/mol. The summed E-state index contributed by atoms with van der Waals surface area (Å²) in [6, 6.07) is 10.0. The predicted molar refractivity (Wildman–Crippen MR) is 170 cm³/mol. The van der Waals surface area contributed by atoms with Crippen LogP contribution >= 0.6 is 11.6 Å². The first-order valence-electron chi connectivity index (χ1n) is 15.0. The molecule has 4 aromatic rings. The number of quaternary nitrogens is 1. The number of alkyl halides is 3. The van der Waals surface area contributed by atoms with Gasteiger partial charge in [-0.25, -0.2) is 19.0 Å². The lowest BCUT2D eigenvalue weighted by Gasteiger charge is -2.42. The number of nitrogens with one attached hydrogen (secondary N) is 1. The van der Waals surface area contributed by atoms with Gasteiger partial charge in [-0.2, -0.15) is 23.1 Å². The van der Waals surface area contributed by atoms with E-state index >= 15 is 0 Å². The molecule has 0 saturated carbocycles. The predicted octanol–water partition coefficient (Wildman–Crippen LogP) is 6.04. The number of carbonyl (C=O) groups excluding carboxylic acids is 2. The monoisotopic (exact) mass is 668 g/mol. The summed E-state index contributed by atoms with van der Waals surface area (Å²) in [5.74, 6) is 5.26. The van der Waals surface area contributed by atoms with Crippen molar-refractivity contribution < 1.29 is 32.0 Å². The van der Waals surface area contributed by atoms with E-state index in [1.807, 2.05) is 11.8 Å². The number of anilines is 1. The van der Waals surface area contributed by atoms with Crippen LogP contribution in [0.25, 0.3) is 5.65 Å². The first-order valence-corrected chi connectivity index (χ1v) is 15.4. The second-order valence-corrected chi connectivity index (χ2v) is 12.6. The van der Waals surface area contributed by atoms with Gasteiger partial charge in [0.05, 0.1) is 18.3 Å². The van der Waals surface area contributed by atoms with Crippen LogP contribution in [0.3, 0.4) is 0 Å². The minimum absolute atomic E-state index is 0.0191. The van der Waals surface area contributed by atoms with Crippen LogP contribution in [0.4, 0.5) is 23.8 Å². The summed E-state index contributed by atoms with van der Waals surface area (Å²) in [6.07, 6.45) is -2.04. The standard InChI is InChI=1S/C33H33ClF3N7O3/c1-5-44(31(46)47-32(2,3)4)16-14-42(15-17-44)21-24-8-7-23(19-26(24)33(35,36)37)30(45)40-28-18-22(12-13-38-28)6-9-25-20-39-29-11-10-27(34)41-43(25)29/h7-8,10-13,18-20H,5,14-17,21H2,1-4H3/p+1. The number of aromatic nitrogens is 4. The Hall–Kier alpha value is -4.51. The average Bonchev–Trinajstić information content (AvgIpc) is 3.41. The van der Waals surface area contributed by atoms with Gasteiger partial charge in [0.15, 0.2) is 5.65 Å². The van der Waals surface area contributed by atoms with Gasteiger partial charge in [0, 0.05) is 37.0 Å². The van der Waals surface area contributed by atoms with Crippen molar-refractivity contribution in [2.45, 2.75) is 46.0 Å². The van der Waals surface area contributed by atoms with E-state index < -0.39 is 23.2 Å². The van der Waals surface area contributed by atoms with Crippen LogP contribution < -0.4 is 5.32 Å². The molecule has 1 N–H and O–H groups in total. The SMILES string of the molecule is CC[N+]1(C(=O)OC(C)(C)C)CCN(Cc2ccc(C(=O)Nc3cc(C#Cc4cnc5ccc(Cl)nn45)ccn3)cc2C(F)(F)F)CC1. The Bertz CT molecular complexity index is 1870. The number of hydrogen-bond acceptors (Lipinski definition) is 7. The molecule has 0 aliphatic carbocycles. The third-order valence-corrected chi connectivity index (χ3v) is 8.01. The van der Waals surface area contributed by atoms with Crippen molar-refractivity contribution in [3.63, 3.8) is 0 Å². The zero-order valence-electron chi connectivity index (χ0n) is 26.4. The minimum Gasteiger partial charge on any atom is -0.414 e. The van der Waals surface area contributed by atoms with Crippen LogP contribution in [0.5, 0.6) is 0 Å². The Balaban J connectivity index is 1.28. The van der Waals surface area contributed by atoms with Gasteiger partial charge in [0.2, 0.25) is 0 Å². The number of hydrogen-bond donors (Lipinski definition) is 1. The first-order chi connectivity index (χ1) is 22.2. The van der Waals surface area contributed by atoms with Crippen molar-refractivity contribution in [1.29, 1.82) is 0 Å². The highest BCUT2D eigenvalue weighted by Gasteiger charge is 2.43. The highest BCUT2D eigenvalue weighted by molar-refractivity contribution is 6.29. The number of fused-ring (bicyclic) bond motifs is 1. The van der Waals surface area contributed by atoms with Crippen molar-refractivity contribution in [3.8, 4) is 11.8 Å². The minimum atomic E-state index is -4.69. The Morgan fingerprint density at radius 1 is 1.04 bits per heavy atom. The van der Waals surface area contributed by atoms with Gasteiger partial charge in [-0.1, -0.05) is 23.6 Å². The maximum atomic E-state index is 14.2. The first kappa shape index (κ1) is 33.8. The van der Waals surface area contributed by atoms with Crippen molar-refractivity contribution in [2.24, 2.45) is 0 Å².